The van der Waals surface area contributed by atoms with Gasteiger partial charge in [0.2, 0.25) is 0 Å². The Hall–Kier alpha value is 1.08. The Bertz CT molecular complexity index is 275. The molecule has 5 nitrogen and oxygen atoms in total. The first kappa shape index (κ1) is 33.6. The Morgan fingerprint density at radius 2 is 1.10 bits per heavy atom. The van der Waals surface area contributed by atoms with E-state index in [1.165, 1.54) is 11.1 Å². The molecule has 0 radical (unpaired) electrons. The predicted molar refractivity (Wildman–Crippen MR) is 76.1 cm³/mol. The van der Waals surface area contributed by atoms with Crippen LogP contribution < -0.4 is 59.1 Å². The van der Waals surface area contributed by atoms with Crippen LogP contribution in [0, 0.1) is 0 Å². The molecule has 0 aromatic heterocycles. The van der Waals surface area contributed by atoms with Gasteiger partial charge in [-0.1, -0.05) is 52.0 Å². The van der Waals surface area contributed by atoms with E-state index in [4.69, 9.17) is 24.4 Å². The van der Waals surface area contributed by atoms with Crippen LogP contribution in [-0.4, -0.2) is 26.4 Å². The second-order valence-corrected chi connectivity index (χ2v) is 4.14. The van der Waals surface area contributed by atoms with Gasteiger partial charge in [-0.25, -0.2) is 0 Å². The van der Waals surface area contributed by atoms with Crippen LogP contribution in [0.2, 0.25) is 0 Å². The Balaban J connectivity index is -0.0000000827. The molecule has 0 aliphatic heterocycles. The number of rotatable bonds is 2. The second kappa shape index (κ2) is 26.0. The first-order valence-electron chi connectivity index (χ1n) is 5.54. The van der Waals surface area contributed by atoms with Crippen molar-refractivity contribution in [3.63, 3.8) is 0 Å². The third kappa shape index (κ3) is 19.0. The number of hydrogen-bond acceptors (Lipinski definition) is 6. The van der Waals surface area contributed by atoms with Gasteiger partial charge in [0, 0.05) is 0 Å². The third-order valence-electron chi connectivity index (χ3n) is 2.24. The van der Waals surface area contributed by atoms with Gasteiger partial charge >= 0.3 is 59.1 Å². The zero-order chi connectivity index (χ0) is 15.8. The number of hydrogen-bond donors (Lipinski definition) is 2. The molecule has 2 N–H and O–H groups in total. The molecular formula is C13H22Na2O5S. The van der Waals surface area contributed by atoms with Gasteiger partial charge in [0.1, 0.15) is 6.79 Å². The summed E-state index contributed by atoms with van der Waals surface area (Å²) in [5.74, 6) is 1.28. The Morgan fingerprint density at radius 3 is 1.24 bits per heavy atom. The molecule has 0 aliphatic carbocycles. The molecule has 1 rings (SSSR count). The fourth-order valence-corrected chi connectivity index (χ4v) is 1.56. The monoisotopic (exact) mass is 336 g/mol. The molecule has 1 aromatic carbocycles. The standard InChI is InChI=1S/C12H18.CH2O.2Na.H2O2S.H2O2/c1-9(2)11-7-5-6-8-12(11)10(3)4;1-2;;;1-3-2;1-2/h5-10H,1-4H3;1H2;;;1-2H;1-2H/q;;2*+1;;/p-2. The summed E-state index contributed by atoms with van der Waals surface area (Å²) in [6.07, 6.45) is 0. The van der Waals surface area contributed by atoms with Gasteiger partial charge in [-0.2, -0.15) is 0 Å². The summed E-state index contributed by atoms with van der Waals surface area (Å²) in [6.45, 7) is 11.0. The summed E-state index contributed by atoms with van der Waals surface area (Å²) >= 11 is -0.750. The Labute approximate surface area is 176 Å². The summed E-state index contributed by atoms with van der Waals surface area (Å²) in [6, 6.07) is 8.72. The van der Waals surface area contributed by atoms with Crippen molar-refractivity contribution in [2.24, 2.45) is 0 Å². The molecule has 0 amide bonds. The van der Waals surface area contributed by atoms with Gasteiger partial charge in [-0.15, -0.1) is 0 Å². The topological polar surface area (TPSA) is 104 Å². The van der Waals surface area contributed by atoms with Crippen molar-refractivity contribution in [1.82, 2.24) is 0 Å². The summed E-state index contributed by atoms with van der Waals surface area (Å²) < 4.78 is 16.6. The molecule has 0 spiro atoms. The molecule has 0 unspecified atom stereocenters. The van der Waals surface area contributed by atoms with Crippen LogP contribution in [-0.2, 0) is 4.79 Å². The molecule has 1 aromatic rings. The van der Waals surface area contributed by atoms with E-state index in [-0.39, 0.29) is 59.1 Å². The van der Waals surface area contributed by atoms with Crippen molar-refractivity contribution in [3.05, 3.63) is 35.4 Å². The van der Waals surface area contributed by atoms with Gasteiger partial charge in [0.05, 0.1) is 0 Å². The molecule has 21 heavy (non-hydrogen) atoms. The third-order valence-corrected chi connectivity index (χ3v) is 2.24. The minimum Gasteiger partial charge on any atom is -0.811 e. The van der Waals surface area contributed by atoms with E-state index in [0.29, 0.717) is 11.8 Å². The van der Waals surface area contributed by atoms with Gasteiger partial charge in [0.15, 0.2) is 0 Å². The first-order chi connectivity index (χ1) is 9.04. The quantitative estimate of drug-likeness (QED) is 0.274. The van der Waals surface area contributed by atoms with Crippen LogP contribution in [0.15, 0.2) is 24.3 Å². The minimum absolute atomic E-state index is 0. The van der Waals surface area contributed by atoms with E-state index in [2.05, 4.69) is 52.0 Å². The van der Waals surface area contributed by atoms with Crippen LogP contribution in [0.4, 0.5) is 0 Å². The second-order valence-electron chi connectivity index (χ2n) is 4.01. The summed E-state index contributed by atoms with van der Waals surface area (Å²) in [7, 11) is 0. The molecule has 0 atom stereocenters. The van der Waals surface area contributed by atoms with Crippen molar-refractivity contribution in [2.75, 3.05) is 0 Å². The van der Waals surface area contributed by atoms with E-state index in [9.17, 15) is 0 Å². The van der Waals surface area contributed by atoms with Crippen LogP contribution >= 0.6 is 12.3 Å². The Morgan fingerprint density at radius 1 is 0.905 bits per heavy atom. The van der Waals surface area contributed by atoms with Crippen LogP contribution in [0.5, 0.6) is 0 Å². The van der Waals surface area contributed by atoms with Crippen molar-refractivity contribution in [3.8, 4) is 0 Å². The molecule has 0 bridgehead atoms. The normalized spacial score (nSPS) is 7.71. The zero-order valence-electron chi connectivity index (χ0n) is 13.7. The first-order valence-corrected chi connectivity index (χ1v) is 6.20. The minimum atomic E-state index is -0.750. The number of carbonyl (C=O) groups excluding carboxylic acids is 1. The molecule has 0 aliphatic rings. The molecule has 112 valence electrons. The zero-order valence-corrected chi connectivity index (χ0v) is 18.5. The smallest absolute Gasteiger partial charge is 0.811 e. The maximum atomic E-state index is 8.29. The maximum absolute atomic E-state index is 8.29. The summed E-state index contributed by atoms with van der Waals surface area (Å²) in [4.78, 5) is 8.00. The van der Waals surface area contributed by atoms with Crippen molar-refractivity contribution in [2.45, 2.75) is 39.5 Å². The van der Waals surface area contributed by atoms with Crippen molar-refractivity contribution >= 4 is 19.1 Å². The fraction of sp³-hybridized carbons (Fsp3) is 0.462. The van der Waals surface area contributed by atoms with Gasteiger partial charge in [-0.05, 0) is 23.0 Å². The largest absolute Gasteiger partial charge is 1.00 e. The molecule has 8 heteroatoms. The SMILES string of the molecule is C=O.CC(C)c1ccccc1C(C)C.OO.[Na+].[Na+].[O-]S[O-]. The van der Waals surface area contributed by atoms with Crippen molar-refractivity contribution < 1.29 is 83.5 Å². The van der Waals surface area contributed by atoms with Gasteiger partial charge < -0.3 is 26.2 Å². The van der Waals surface area contributed by atoms with Crippen molar-refractivity contribution in [1.29, 1.82) is 0 Å². The average molecular weight is 336 g/mol. The van der Waals surface area contributed by atoms with E-state index >= 15 is 0 Å². The van der Waals surface area contributed by atoms with E-state index in [1.54, 1.807) is 0 Å². The Kier molecular flexibility index (Phi) is 41.6. The molecule has 0 saturated heterocycles. The number of benzene rings is 1. The summed E-state index contributed by atoms with van der Waals surface area (Å²) in [5.41, 5.74) is 2.99. The molecule has 0 fully saturated rings. The fourth-order valence-electron chi connectivity index (χ4n) is 1.56. The van der Waals surface area contributed by atoms with Crippen LogP contribution in [0.1, 0.15) is 50.7 Å². The number of carbonyl (C=O) groups is 1. The van der Waals surface area contributed by atoms with E-state index in [0.717, 1.165) is 0 Å². The molecule has 0 saturated carbocycles. The van der Waals surface area contributed by atoms with Crippen LogP contribution in [0.3, 0.4) is 0 Å². The van der Waals surface area contributed by atoms with Gasteiger partial charge in [-0.3, -0.25) is 10.5 Å². The maximum Gasteiger partial charge on any atom is 1.00 e. The average Bonchev–Trinajstić information content (AvgIpc) is 2.44. The predicted octanol–water partition coefficient (Wildman–Crippen LogP) is -2.25. The van der Waals surface area contributed by atoms with Gasteiger partial charge in [0.25, 0.3) is 0 Å². The van der Waals surface area contributed by atoms with Crippen LogP contribution in [0.25, 0.3) is 0 Å². The van der Waals surface area contributed by atoms with E-state index in [1.807, 2.05) is 6.79 Å². The van der Waals surface area contributed by atoms with E-state index < -0.39 is 12.3 Å². The molecular weight excluding hydrogens is 314 g/mol. The molecule has 0 heterocycles. The summed E-state index contributed by atoms with van der Waals surface area (Å²) in [5, 5.41) is 12.0.